The highest BCUT2D eigenvalue weighted by Gasteiger charge is 2.29. The number of anilines is 1. The molecule has 71 heavy (non-hydrogen) atoms. The lowest BCUT2D eigenvalue weighted by molar-refractivity contribution is -0.133. The predicted octanol–water partition coefficient (Wildman–Crippen LogP) is 6.30. The molecule has 1 aliphatic heterocycles. The van der Waals surface area contributed by atoms with Gasteiger partial charge in [-0.1, -0.05) is 66.7 Å². The van der Waals surface area contributed by atoms with Gasteiger partial charge in [-0.25, -0.2) is 24.1 Å². The molecule has 0 unspecified atom stereocenters. The number of pyridine rings is 1. The summed E-state index contributed by atoms with van der Waals surface area (Å²) in [7, 11) is 0. The number of hydrogen-bond donors (Lipinski definition) is 3. The van der Waals surface area contributed by atoms with Gasteiger partial charge in [0.15, 0.2) is 5.69 Å². The Morgan fingerprint density at radius 2 is 1.58 bits per heavy atom. The van der Waals surface area contributed by atoms with Gasteiger partial charge in [-0.3, -0.25) is 29.4 Å². The molecule has 19 heteroatoms. The van der Waals surface area contributed by atoms with E-state index in [0.29, 0.717) is 38.7 Å². The number of nitrogens with one attached hydrogen (secondary N) is 3. The molecule has 1 fully saturated rings. The van der Waals surface area contributed by atoms with Gasteiger partial charge in [-0.15, -0.1) is 0 Å². The van der Waals surface area contributed by atoms with E-state index in [9.17, 15) is 34.0 Å². The second-order valence-electron chi connectivity index (χ2n) is 17.5. The number of amides is 5. The van der Waals surface area contributed by atoms with Crippen LogP contribution in [0.5, 0.6) is 0 Å². The number of piperazine rings is 1. The smallest absolute Gasteiger partial charge is 0.412 e. The normalized spacial score (nSPS) is 12.4. The van der Waals surface area contributed by atoms with Crippen LogP contribution in [0.4, 0.5) is 19.7 Å². The Bertz CT molecular complexity index is 3020. The number of halogens is 1. The highest BCUT2D eigenvalue weighted by atomic mass is 19.1. The second-order valence-corrected chi connectivity index (χ2v) is 17.5. The Morgan fingerprint density at radius 1 is 0.845 bits per heavy atom. The third-order valence-corrected chi connectivity index (χ3v) is 11.2. The fourth-order valence-electron chi connectivity index (χ4n) is 7.66. The number of aromatic nitrogens is 3. The fraction of sp³-hybridized carbons (Fsp3) is 0.288. The fourth-order valence-corrected chi connectivity index (χ4v) is 7.66. The summed E-state index contributed by atoms with van der Waals surface area (Å²) in [6.07, 6.45) is 0.131. The molecular weight excluding hydrogens is 914 g/mol. The molecule has 0 saturated carbocycles. The van der Waals surface area contributed by atoms with Crippen molar-refractivity contribution < 1.29 is 42.6 Å². The third-order valence-electron chi connectivity index (χ3n) is 11.2. The summed E-state index contributed by atoms with van der Waals surface area (Å²) in [5.41, 5.74) is 2.22. The Kier molecular flexibility index (Phi) is 16.5. The van der Waals surface area contributed by atoms with Crippen LogP contribution in [0.3, 0.4) is 0 Å². The van der Waals surface area contributed by atoms with Crippen LogP contribution in [0.1, 0.15) is 64.0 Å². The van der Waals surface area contributed by atoms with E-state index in [1.165, 1.54) is 33.0 Å². The van der Waals surface area contributed by atoms with Gasteiger partial charge in [-0.2, -0.15) is 10.4 Å². The highest BCUT2D eigenvalue weighted by Crippen LogP contribution is 2.26. The summed E-state index contributed by atoms with van der Waals surface area (Å²) in [4.78, 5) is 87.8. The zero-order valence-electron chi connectivity index (χ0n) is 39.4. The van der Waals surface area contributed by atoms with Crippen molar-refractivity contribution >= 4 is 46.4 Å². The first kappa shape index (κ1) is 50.4. The molecule has 366 valence electrons. The van der Waals surface area contributed by atoms with Gasteiger partial charge in [0.1, 0.15) is 24.6 Å². The molecule has 3 N–H and O–H groups in total. The Morgan fingerprint density at radius 3 is 2.32 bits per heavy atom. The van der Waals surface area contributed by atoms with Crippen molar-refractivity contribution in [3.8, 4) is 17.2 Å². The highest BCUT2D eigenvalue weighted by molar-refractivity contribution is 6.02. The molecule has 5 amide bonds. The van der Waals surface area contributed by atoms with Crippen LogP contribution in [-0.2, 0) is 32.0 Å². The van der Waals surface area contributed by atoms with Crippen LogP contribution in [-0.4, -0.2) is 124 Å². The number of aromatic amines is 1. The molecule has 1 saturated heterocycles. The van der Waals surface area contributed by atoms with Crippen molar-refractivity contribution in [2.75, 3.05) is 64.3 Å². The standard InChI is InChI=1S/C52H52FN9O9/c1-52(2,3)71-50(67)57-44-29-38(37-13-9-12-36(26-37)30-54)31-56-46(44)48(65)55-18-24-69-25-23-62(51(68)70-33-34-10-5-4-6-11-34)32-45(63)60-19-21-61(22-20-60)49(66)41-27-35(16-17-42(41)53)28-43-39-14-7-8-15-40(39)47(64)59-58-43/h4-17,26-27,29,31H,18-25,28,32-33H2,1-3H3,(H,55,65)(H,57,67)(H,59,64). The molecule has 6 aromatic rings. The molecule has 18 nitrogen and oxygen atoms in total. The van der Waals surface area contributed by atoms with Gasteiger partial charge >= 0.3 is 12.2 Å². The first-order valence-electron chi connectivity index (χ1n) is 22.8. The van der Waals surface area contributed by atoms with Crippen molar-refractivity contribution in [3.05, 3.63) is 159 Å². The first-order chi connectivity index (χ1) is 34.1. The number of carbonyl (C=O) groups excluding carboxylic acids is 5. The summed E-state index contributed by atoms with van der Waals surface area (Å²) in [5.74, 6) is -2.26. The molecule has 2 aromatic heterocycles. The average Bonchev–Trinajstić information content (AvgIpc) is 3.37. The Hall–Kier alpha value is -8.50. The minimum absolute atomic E-state index is 0.000861. The zero-order valence-corrected chi connectivity index (χ0v) is 39.4. The van der Waals surface area contributed by atoms with Crippen molar-refractivity contribution in [1.82, 2.24) is 35.2 Å². The van der Waals surface area contributed by atoms with Gasteiger partial charge in [0, 0.05) is 62.8 Å². The van der Waals surface area contributed by atoms with E-state index in [0.717, 1.165) is 5.56 Å². The second kappa shape index (κ2) is 23.2. The maximum atomic E-state index is 15.2. The van der Waals surface area contributed by atoms with Gasteiger partial charge in [0.05, 0.1) is 47.2 Å². The van der Waals surface area contributed by atoms with E-state index < -0.39 is 41.3 Å². The van der Waals surface area contributed by atoms with Crippen molar-refractivity contribution in [1.29, 1.82) is 5.26 Å². The van der Waals surface area contributed by atoms with Crippen LogP contribution < -0.4 is 16.2 Å². The monoisotopic (exact) mass is 965 g/mol. The zero-order chi connectivity index (χ0) is 50.5. The van der Waals surface area contributed by atoms with Gasteiger partial charge in [0.25, 0.3) is 17.4 Å². The van der Waals surface area contributed by atoms with Crippen molar-refractivity contribution in [2.45, 2.75) is 39.4 Å². The summed E-state index contributed by atoms with van der Waals surface area (Å²) >= 11 is 0. The minimum Gasteiger partial charge on any atom is -0.445 e. The molecule has 4 aromatic carbocycles. The van der Waals surface area contributed by atoms with Crippen LogP contribution in [0.25, 0.3) is 21.9 Å². The number of nitrogens with zero attached hydrogens (tertiary/aromatic N) is 6. The van der Waals surface area contributed by atoms with E-state index >= 15 is 4.39 Å². The SMILES string of the molecule is CC(C)(C)OC(=O)Nc1cc(-c2cccc(C#N)c2)cnc1C(=O)NCCOCCN(CC(=O)N1CCN(C(=O)c2cc(Cc3n[nH]c(=O)c4ccccc34)ccc2F)CC1)C(=O)OCc1ccccc1. The van der Waals surface area contributed by atoms with Crippen LogP contribution in [0.15, 0.2) is 114 Å². The molecule has 0 aliphatic carbocycles. The first-order valence-corrected chi connectivity index (χ1v) is 22.8. The number of hydrogen-bond acceptors (Lipinski definition) is 12. The van der Waals surface area contributed by atoms with E-state index in [2.05, 4.69) is 31.9 Å². The van der Waals surface area contributed by atoms with E-state index in [4.69, 9.17) is 14.2 Å². The lowest BCUT2D eigenvalue weighted by Crippen LogP contribution is -2.53. The van der Waals surface area contributed by atoms with E-state index in [1.54, 1.807) is 106 Å². The largest absolute Gasteiger partial charge is 0.445 e. The maximum absolute atomic E-state index is 15.2. The molecule has 0 radical (unpaired) electrons. The minimum atomic E-state index is -0.821. The van der Waals surface area contributed by atoms with Gasteiger partial charge in [0.2, 0.25) is 5.91 Å². The Balaban J connectivity index is 0.933. The number of nitriles is 1. The number of fused-ring (bicyclic) bond motifs is 1. The van der Waals surface area contributed by atoms with Gasteiger partial charge in [-0.05, 0) is 73.9 Å². The number of benzene rings is 4. The number of rotatable bonds is 16. The summed E-state index contributed by atoms with van der Waals surface area (Å²) in [6.45, 7) is 5.11. The topological polar surface area (TPSA) is 229 Å². The maximum Gasteiger partial charge on any atom is 0.412 e. The predicted molar refractivity (Wildman–Crippen MR) is 260 cm³/mol. The van der Waals surface area contributed by atoms with E-state index in [-0.39, 0.29) is 94.6 Å². The van der Waals surface area contributed by atoms with Crippen LogP contribution >= 0.6 is 0 Å². The lowest BCUT2D eigenvalue weighted by Gasteiger charge is -2.36. The van der Waals surface area contributed by atoms with Crippen molar-refractivity contribution in [2.24, 2.45) is 0 Å². The molecule has 0 atom stereocenters. The molecule has 7 rings (SSSR count). The third kappa shape index (κ3) is 13.6. The van der Waals surface area contributed by atoms with Crippen LogP contribution in [0.2, 0.25) is 0 Å². The van der Waals surface area contributed by atoms with E-state index in [1.807, 2.05) is 6.07 Å². The van der Waals surface area contributed by atoms with Gasteiger partial charge < -0.3 is 29.3 Å². The quantitative estimate of drug-likeness (QED) is 0.0908. The summed E-state index contributed by atoms with van der Waals surface area (Å²) in [6, 6.07) is 30.7. The van der Waals surface area contributed by atoms with Crippen LogP contribution in [0, 0.1) is 17.1 Å². The molecule has 0 bridgehead atoms. The molecule has 1 aliphatic rings. The summed E-state index contributed by atoms with van der Waals surface area (Å²) < 4.78 is 31.9. The number of ether oxygens (including phenoxy) is 3. The lowest BCUT2D eigenvalue weighted by atomic mass is 10.0. The summed E-state index contributed by atoms with van der Waals surface area (Å²) in [5, 5.41) is 22.5. The van der Waals surface area contributed by atoms with Crippen molar-refractivity contribution in [3.63, 3.8) is 0 Å². The number of carbonyl (C=O) groups is 5. The molecule has 0 spiro atoms. The number of H-pyrrole nitrogens is 1. The Labute approximate surface area is 408 Å². The average molecular weight is 966 g/mol. The molecule has 3 heterocycles. The molecular formula is C52H52FN9O9.